The lowest BCUT2D eigenvalue weighted by atomic mass is 9.48. The van der Waals surface area contributed by atoms with Crippen LogP contribution in [-0.2, 0) is 4.79 Å². The fourth-order valence-corrected chi connectivity index (χ4v) is 7.33. The molecule has 0 aromatic carbocycles. The molecule has 0 aliphatic heterocycles. The Morgan fingerprint density at radius 3 is 2.74 bits per heavy atom. The number of hydrogen-bond donors (Lipinski definition) is 1. The lowest BCUT2D eigenvalue weighted by Crippen LogP contribution is -2.48. The van der Waals surface area contributed by atoms with Crippen molar-refractivity contribution < 1.29 is 9.90 Å². The minimum atomic E-state index is -0.807. The Kier molecular flexibility index (Phi) is 4.89. The summed E-state index contributed by atoms with van der Waals surface area (Å²) in [6, 6.07) is 0. The van der Waals surface area contributed by atoms with Gasteiger partial charge in [-0.05, 0) is 79.3 Å². The normalized spacial score (nSPS) is 42.6. The number of carboxylic acids is 1. The highest BCUT2D eigenvalue weighted by Gasteiger charge is 2.57. The van der Waals surface area contributed by atoms with Gasteiger partial charge in [-0.3, -0.25) is 0 Å². The molecule has 4 aliphatic rings. The summed E-state index contributed by atoms with van der Waals surface area (Å²) in [5, 5.41) is 9.37. The minimum absolute atomic E-state index is 0.0312. The van der Waals surface area contributed by atoms with Crippen molar-refractivity contribution >= 4 is 5.97 Å². The highest BCUT2D eigenvalue weighted by atomic mass is 16.4. The second-order valence-corrected chi connectivity index (χ2v) is 10.1. The first-order chi connectivity index (χ1) is 12.9. The monoisotopic (exact) mass is 368 g/mol. The molecule has 148 valence electrons. The van der Waals surface area contributed by atoms with Crippen molar-refractivity contribution in [1.82, 2.24) is 0 Å². The fraction of sp³-hybridized carbons (Fsp3) is 0.720. The number of hydrogen-bond acceptors (Lipinski definition) is 1. The minimum Gasteiger partial charge on any atom is -0.478 e. The van der Waals surface area contributed by atoms with Crippen LogP contribution in [0.1, 0.15) is 78.6 Å². The maximum absolute atomic E-state index is 11.4. The topological polar surface area (TPSA) is 37.3 Å². The van der Waals surface area contributed by atoms with E-state index >= 15 is 0 Å². The molecule has 0 heterocycles. The quantitative estimate of drug-likeness (QED) is 0.559. The summed E-state index contributed by atoms with van der Waals surface area (Å²) in [5.41, 5.74) is 2.26. The van der Waals surface area contributed by atoms with Crippen LogP contribution in [0, 0.1) is 34.5 Å². The summed E-state index contributed by atoms with van der Waals surface area (Å²) < 4.78 is 0. The smallest absolute Gasteiger partial charge is 0.335 e. The molecule has 0 spiro atoms. The Morgan fingerprint density at radius 2 is 2.00 bits per heavy atom. The lowest BCUT2D eigenvalue weighted by molar-refractivity contribution is -0.132. The van der Waals surface area contributed by atoms with Crippen molar-refractivity contribution in [3.63, 3.8) is 0 Å². The molecular formula is C25H36O2. The Balaban J connectivity index is 1.57. The summed E-state index contributed by atoms with van der Waals surface area (Å²) in [5.74, 6) is 2.42. The molecule has 2 fully saturated rings. The van der Waals surface area contributed by atoms with Gasteiger partial charge in [-0.1, -0.05) is 58.3 Å². The first-order valence-corrected chi connectivity index (χ1v) is 11.2. The zero-order chi connectivity index (χ0) is 19.2. The van der Waals surface area contributed by atoms with E-state index in [2.05, 4.69) is 32.9 Å². The number of carboxylic acid groups (broad SMARTS) is 1. The zero-order valence-electron chi connectivity index (χ0n) is 17.3. The molecule has 0 saturated heterocycles. The van der Waals surface area contributed by atoms with Crippen LogP contribution < -0.4 is 0 Å². The molecule has 2 heteroatoms. The van der Waals surface area contributed by atoms with Crippen molar-refractivity contribution in [2.75, 3.05) is 0 Å². The number of carbonyl (C=O) groups is 1. The van der Waals surface area contributed by atoms with Gasteiger partial charge in [-0.25, -0.2) is 4.79 Å². The summed E-state index contributed by atoms with van der Waals surface area (Å²) in [7, 11) is 0. The molecule has 0 radical (unpaired) electrons. The zero-order valence-corrected chi connectivity index (χ0v) is 17.3. The standard InChI is InChI=1S/C25H36O2/c1-4-5-6-7-18-9-11-21-20-10-8-19-16-17(23(26)27)12-14-25(19,3)22(20)13-15-24(18,21)2/h8,12,14,16,18,20-22H,4-7,9-11,13,15H2,1-3H3,(H,26,27)/t18-,20+,21+,22+,24-,25+/m1/s1. The van der Waals surface area contributed by atoms with Gasteiger partial charge in [0.25, 0.3) is 0 Å². The lowest BCUT2D eigenvalue weighted by Gasteiger charge is -2.56. The van der Waals surface area contributed by atoms with Gasteiger partial charge < -0.3 is 5.11 Å². The van der Waals surface area contributed by atoms with Crippen LogP contribution in [0.4, 0.5) is 0 Å². The molecule has 1 N–H and O–H groups in total. The van der Waals surface area contributed by atoms with Crippen LogP contribution in [0.25, 0.3) is 0 Å². The molecule has 4 rings (SSSR count). The second kappa shape index (κ2) is 6.94. The average molecular weight is 369 g/mol. The largest absolute Gasteiger partial charge is 0.478 e. The average Bonchev–Trinajstić information content (AvgIpc) is 2.97. The van der Waals surface area contributed by atoms with E-state index in [4.69, 9.17) is 0 Å². The molecule has 0 bridgehead atoms. The van der Waals surface area contributed by atoms with Crippen LogP contribution in [-0.4, -0.2) is 11.1 Å². The first kappa shape index (κ1) is 19.0. The molecule has 0 amide bonds. The van der Waals surface area contributed by atoms with Crippen LogP contribution in [0.2, 0.25) is 0 Å². The number of fused-ring (bicyclic) bond motifs is 5. The predicted octanol–water partition coefficient (Wildman–Crippen LogP) is 6.54. The van der Waals surface area contributed by atoms with Gasteiger partial charge >= 0.3 is 5.97 Å². The Labute approximate surface area is 164 Å². The maximum atomic E-state index is 11.4. The van der Waals surface area contributed by atoms with Gasteiger partial charge in [0, 0.05) is 5.41 Å². The Morgan fingerprint density at radius 1 is 1.19 bits per heavy atom. The SMILES string of the molecule is CCCCC[C@@H]1CC[C@H]2[C@@H]3CC=C4C=C(C(=O)O)C=C[C@]4(C)[C@H]3CC[C@]12C. The molecular weight excluding hydrogens is 332 g/mol. The highest BCUT2D eigenvalue weighted by molar-refractivity contribution is 5.91. The molecule has 2 nitrogen and oxygen atoms in total. The van der Waals surface area contributed by atoms with Crippen LogP contribution in [0.5, 0.6) is 0 Å². The van der Waals surface area contributed by atoms with E-state index in [-0.39, 0.29) is 5.41 Å². The molecule has 27 heavy (non-hydrogen) atoms. The van der Waals surface area contributed by atoms with Crippen LogP contribution in [0.15, 0.2) is 35.5 Å². The number of allylic oxidation sites excluding steroid dienone is 4. The van der Waals surface area contributed by atoms with Gasteiger partial charge in [-0.15, -0.1) is 0 Å². The third-order valence-electron chi connectivity index (χ3n) is 8.96. The van der Waals surface area contributed by atoms with Crippen molar-refractivity contribution in [3.8, 4) is 0 Å². The van der Waals surface area contributed by atoms with Gasteiger partial charge in [0.1, 0.15) is 0 Å². The third-order valence-corrected chi connectivity index (χ3v) is 8.96. The maximum Gasteiger partial charge on any atom is 0.335 e. The molecule has 0 unspecified atom stereocenters. The summed E-state index contributed by atoms with van der Waals surface area (Å²) >= 11 is 0. The van der Waals surface area contributed by atoms with Crippen molar-refractivity contribution in [2.24, 2.45) is 34.5 Å². The van der Waals surface area contributed by atoms with Gasteiger partial charge in [0.2, 0.25) is 0 Å². The van der Waals surface area contributed by atoms with E-state index in [0.29, 0.717) is 16.9 Å². The summed E-state index contributed by atoms with van der Waals surface area (Å²) in [4.78, 5) is 11.4. The van der Waals surface area contributed by atoms with E-state index in [1.807, 2.05) is 12.2 Å². The Hall–Kier alpha value is -1.31. The molecule has 2 saturated carbocycles. The first-order valence-electron chi connectivity index (χ1n) is 11.2. The van der Waals surface area contributed by atoms with Crippen LogP contribution >= 0.6 is 0 Å². The van der Waals surface area contributed by atoms with Gasteiger partial charge in [0.05, 0.1) is 5.57 Å². The van der Waals surface area contributed by atoms with E-state index < -0.39 is 5.97 Å². The summed E-state index contributed by atoms with van der Waals surface area (Å²) in [6.07, 6.45) is 20.6. The number of aliphatic carboxylic acids is 1. The van der Waals surface area contributed by atoms with E-state index in [9.17, 15) is 9.90 Å². The van der Waals surface area contributed by atoms with E-state index in [0.717, 1.165) is 24.2 Å². The summed E-state index contributed by atoms with van der Waals surface area (Å²) in [6.45, 7) is 7.27. The predicted molar refractivity (Wildman–Crippen MR) is 110 cm³/mol. The molecule has 0 aromatic heterocycles. The third kappa shape index (κ3) is 2.95. The van der Waals surface area contributed by atoms with E-state index in [1.165, 1.54) is 56.9 Å². The molecule has 6 atom stereocenters. The van der Waals surface area contributed by atoms with Crippen LogP contribution in [0.3, 0.4) is 0 Å². The van der Waals surface area contributed by atoms with Gasteiger partial charge in [-0.2, -0.15) is 0 Å². The molecule has 0 aromatic rings. The number of rotatable bonds is 5. The van der Waals surface area contributed by atoms with E-state index in [1.54, 1.807) is 0 Å². The van der Waals surface area contributed by atoms with Gasteiger partial charge in [0.15, 0.2) is 0 Å². The van der Waals surface area contributed by atoms with Crippen molar-refractivity contribution in [1.29, 1.82) is 0 Å². The van der Waals surface area contributed by atoms with Crippen molar-refractivity contribution in [3.05, 3.63) is 35.5 Å². The van der Waals surface area contributed by atoms with Crippen molar-refractivity contribution in [2.45, 2.75) is 78.6 Å². The highest BCUT2D eigenvalue weighted by Crippen LogP contribution is 2.65. The Bertz CT molecular complexity index is 699. The number of unbranched alkanes of at least 4 members (excludes halogenated alkanes) is 2. The second-order valence-electron chi connectivity index (χ2n) is 10.1. The molecule has 4 aliphatic carbocycles. The fourth-order valence-electron chi connectivity index (χ4n) is 7.33.